The summed E-state index contributed by atoms with van der Waals surface area (Å²) in [4.78, 5) is 25.7. The molecule has 0 aliphatic rings. The lowest BCUT2D eigenvalue weighted by Crippen LogP contribution is -2.33. The molecule has 0 saturated carbocycles. The number of nitrogens with one attached hydrogen (secondary N) is 1. The largest absolute Gasteiger partial charge is 0.349 e. The van der Waals surface area contributed by atoms with Crippen molar-refractivity contribution in [1.29, 1.82) is 5.26 Å². The molecule has 2 aromatic carbocycles. The fourth-order valence-electron chi connectivity index (χ4n) is 2.57. The number of hydrogen-bond donors (Lipinski definition) is 1. The number of carbonyl (C=O) groups is 2. The smallest absolute Gasteiger partial charge is 0.225 e. The number of rotatable bonds is 6. The number of halogens is 1. The summed E-state index contributed by atoms with van der Waals surface area (Å²) in [7, 11) is 1.72. The molecule has 0 radical (unpaired) electrons. The number of hydrogen-bond acceptors (Lipinski definition) is 3. The molecule has 5 nitrogen and oxygen atoms in total. The van der Waals surface area contributed by atoms with E-state index >= 15 is 0 Å². The Bertz CT molecular complexity index is 810. The van der Waals surface area contributed by atoms with Crippen molar-refractivity contribution in [3.8, 4) is 6.07 Å². The zero-order valence-corrected chi connectivity index (χ0v) is 15.5. The van der Waals surface area contributed by atoms with Crippen molar-refractivity contribution in [2.75, 3.05) is 7.05 Å². The predicted molar refractivity (Wildman–Crippen MR) is 100 cm³/mol. The van der Waals surface area contributed by atoms with Gasteiger partial charge in [-0.15, -0.1) is 0 Å². The second-order valence-electron chi connectivity index (χ2n) is 6.07. The first-order valence-corrected chi connectivity index (χ1v) is 8.52. The van der Waals surface area contributed by atoms with E-state index in [1.807, 2.05) is 12.1 Å². The first kappa shape index (κ1) is 19.5. The van der Waals surface area contributed by atoms with Gasteiger partial charge in [0.25, 0.3) is 0 Å². The zero-order chi connectivity index (χ0) is 19.1. The van der Waals surface area contributed by atoms with Crippen LogP contribution in [0.2, 0.25) is 5.02 Å². The van der Waals surface area contributed by atoms with Crippen molar-refractivity contribution in [1.82, 2.24) is 10.2 Å². The van der Waals surface area contributed by atoms with Crippen LogP contribution in [0.25, 0.3) is 0 Å². The third-order valence-electron chi connectivity index (χ3n) is 3.96. The minimum atomic E-state index is -0.416. The highest BCUT2D eigenvalue weighted by atomic mass is 35.5. The van der Waals surface area contributed by atoms with Crippen LogP contribution >= 0.6 is 11.6 Å². The quantitative estimate of drug-likeness (QED) is 0.847. The van der Waals surface area contributed by atoms with Crippen molar-refractivity contribution >= 4 is 23.4 Å². The molecule has 1 N–H and O–H groups in total. The first-order chi connectivity index (χ1) is 12.4. The maximum atomic E-state index is 12.6. The van der Waals surface area contributed by atoms with Gasteiger partial charge in [-0.05, 0) is 35.4 Å². The number of nitriles is 1. The molecule has 0 bridgehead atoms. The third-order valence-corrected chi connectivity index (χ3v) is 4.21. The standard InChI is InChI=1S/C20H20ClN3O2/c1-14(25)23-19(17-7-9-18(21)10-8-17)11-20(26)24(2)13-16-5-3-15(12-22)4-6-16/h3-10,19H,11,13H2,1-2H3,(H,23,25). The van der Waals surface area contributed by atoms with Crippen molar-refractivity contribution in [3.63, 3.8) is 0 Å². The van der Waals surface area contributed by atoms with E-state index in [0.717, 1.165) is 11.1 Å². The Kier molecular flexibility index (Phi) is 6.76. The molecule has 134 valence electrons. The lowest BCUT2D eigenvalue weighted by molar-refractivity contribution is -0.131. The van der Waals surface area contributed by atoms with Crippen LogP contribution in [-0.2, 0) is 16.1 Å². The summed E-state index contributed by atoms with van der Waals surface area (Å²) in [6.45, 7) is 1.85. The number of benzene rings is 2. The van der Waals surface area contributed by atoms with Gasteiger partial charge in [-0.3, -0.25) is 9.59 Å². The average molecular weight is 370 g/mol. The highest BCUT2D eigenvalue weighted by Crippen LogP contribution is 2.21. The van der Waals surface area contributed by atoms with Crippen LogP contribution in [0.3, 0.4) is 0 Å². The molecule has 0 spiro atoms. The number of carbonyl (C=O) groups excluding carboxylic acids is 2. The van der Waals surface area contributed by atoms with Gasteiger partial charge < -0.3 is 10.2 Å². The van der Waals surface area contributed by atoms with E-state index in [9.17, 15) is 9.59 Å². The Hall–Kier alpha value is -2.84. The lowest BCUT2D eigenvalue weighted by Gasteiger charge is -2.23. The van der Waals surface area contributed by atoms with Gasteiger partial charge in [-0.2, -0.15) is 5.26 Å². The lowest BCUT2D eigenvalue weighted by atomic mass is 10.0. The van der Waals surface area contributed by atoms with Crippen LogP contribution in [0.5, 0.6) is 0 Å². The van der Waals surface area contributed by atoms with E-state index in [0.29, 0.717) is 17.1 Å². The van der Waals surface area contributed by atoms with Gasteiger partial charge >= 0.3 is 0 Å². The number of nitrogens with zero attached hydrogens (tertiary/aromatic N) is 2. The van der Waals surface area contributed by atoms with Gasteiger partial charge in [0.15, 0.2) is 0 Å². The minimum absolute atomic E-state index is 0.0944. The van der Waals surface area contributed by atoms with Crippen LogP contribution in [0.15, 0.2) is 48.5 Å². The molecule has 1 unspecified atom stereocenters. The summed E-state index contributed by atoms with van der Waals surface area (Å²) in [6.07, 6.45) is 0.147. The number of amides is 2. The average Bonchev–Trinajstić information content (AvgIpc) is 2.62. The van der Waals surface area contributed by atoms with Crippen LogP contribution in [0.1, 0.15) is 36.1 Å². The molecular weight excluding hydrogens is 350 g/mol. The summed E-state index contributed by atoms with van der Waals surface area (Å²) in [6, 6.07) is 15.8. The van der Waals surface area contributed by atoms with Crippen LogP contribution in [0, 0.1) is 11.3 Å². The molecule has 2 amide bonds. The normalized spacial score (nSPS) is 11.3. The maximum Gasteiger partial charge on any atom is 0.225 e. The van der Waals surface area contributed by atoms with Gasteiger partial charge in [0, 0.05) is 25.5 Å². The Morgan fingerprint density at radius 3 is 2.31 bits per heavy atom. The third kappa shape index (κ3) is 5.61. The molecule has 0 saturated heterocycles. The monoisotopic (exact) mass is 369 g/mol. The van der Waals surface area contributed by atoms with Crippen molar-refractivity contribution < 1.29 is 9.59 Å². The highest BCUT2D eigenvalue weighted by Gasteiger charge is 2.19. The van der Waals surface area contributed by atoms with Crippen LogP contribution < -0.4 is 5.32 Å². The molecular formula is C20H20ClN3O2. The van der Waals surface area contributed by atoms with E-state index in [2.05, 4.69) is 11.4 Å². The molecule has 26 heavy (non-hydrogen) atoms. The van der Waals surface area contributed by atoms with Crippen LogP contribution in [0.4, 0.5) is 0 Å². The van der Waals surface area contributed by atoms with E-state index in [1.54, 1.807) is 48.3 Å². The van der Waals surface area contributed by atoms with Gasteiger partial charge in [0.05, 0.1) is 24.1 Å². The SMILES string of the molecule is CC(=O)NC(CC(=O)N(C)Cc1ccc(C#N)cc1)c1ccc(Cl)cc1. The van der Waals surface area contributed by atoms with E-state index in [4.69, 9.17) is 16.9 Å². The summed E-state index contributed by atoms with van der Waals surface area (Å²) in [5.41, 5.74) is 2.34. The Morgan fingerprint density at radius 2 is 1.77 bits per heavy atom. The van der Waals surface area contributed by atoms with E-state index < -0.39 is 6.04 Å². The summed E-state index contributed by atoms with van der Waals surface area (Å²) < 4.78 is 0. The molecule has 0 aliphatic carbocycles. The highest BCUT2D eigenvalue weighted by molar-refractivity contribution is 6.30. The minimum Gasteiger partial charge on any atom is -0.349 e. The van der Waals surface area contributed by atoms with Crippen molar-refractivity contribution in [3.05, 3.63) is 70.2 Å². The molecule has 0 fully saturated rings. The maximum absolute atomic E-state index is 12.6. The van der Waals surface area contributed by atoms with Crippen LogP contribution in [-0.4, -0.2) is 23.8 Å². The molecule has 0 aliphatic heterocycles. The Morgan fingerprint density at radius 1 is 1.15 bits per heavy atom. The second kappa shape index (κ2) is 9.02. The molecule has 2 rings (SSSR count). The summed E-state index contributed by atoms with van der Waals surface area (Å²) in [5.74, 6) is -0.296. The van der Waals surface area contributed by atoms with Gasteiger partial charge in [-0.25, -0.2) is 0 Å². The first-order valence-electron chi connectivity index (χ1n) is 8.14. The fraction of sp³-hybridized carbons (Fsp3) is 0.250. The van der Waals surface area contributed by atoms with E-state index in [1.165, 1.54) is 6.92 Å². The van der Waals surface area contributed by atoms with Gasteiger partial charge in [-0.1, -0.05) is 35.9 Å². The van der Waals surface area contributed by atoms with Gasteiger partial charge in [0.1, 0.15) is 0 Å². The van der Waals surface area contributed by atoms with Gasteiger partial charge in [0.2, 0.25) is 11.8 Å². The Labute approximate surface area is 158 Å². The predicted octanol–water partition coefficient (Wildman–Crippen LogP) is 3.44. The topological polar surface area (TPSA) is 73.2 Å². The second-order valence-corrected chi connectivity index (χ2v) is 6.50. The summed E-state index contributed by atoms with van der Waals surface area (Å²) >= 11 is 5.91. The molecule has 2 aromatic rings. The Balaban J connectivity index is 2.06. The molecule has 0 heterocycles. The van der Waals surface area contributed by atoms with Crippen molar-refractivity contribution in [2.24, 2.45) is 0 Å². The van der Waals surface area contributed by atoms with E-state index in [-0.39, 0.29) is 18.2 Å². The zero-order valence-electron chi connectivity index (χ0n) is 14.7. The fourth-order valence-corrected chi connectivity index (χ4v) is 2.70. The molecule has 1 atom stereocenters. The molecule has 6 heteroatoms. The van der Waals surface area contributed by atoms with Crippen molar-refractivity contribution in [2.45, 2.75) is 25.9 Å². The summed E-state index contributed by atoms with van der Waals surface area (Å²) in [5, 5.41) is 12.2. The molecule has 0 aromatic heterocycles.